The molecular weight excluding hydrogens is 296 g/mol. The maximum Gasteiger partial charge on any atom is 0.231 e. The molecule has 2 heterocycles. The Hall–Kier alpha value is -1.72. The van der Waals surface area contributed by atoms with Gasteiger partial charge in [-0.3, -0.25) is 4.79 Å². The number of thiazole rings is 1. The van der Waals surface area contributed by atoms with E-state index in [0.717, 1.165) is 29.0 Å². The molecule has 116 valence electrons. The highest BCUT2D eigenvalue weighted by molar-refractivity contribution is 7.09. The molecule has 1 N–H and O–H groups in total. The average Bonchev–Trinajstić information content (AvgIpc) is 3.07. The van der Waals surface area contributed by atoms with Gasteiger partial charge in [0.2, 0.25) is 5.91 Å². The van der Waals surface area contributed by atoms with E-state index < -0.39 is 5.41 Å². The minimum atomic E-state index is -0.485. The van der Waals surface area contributed by atoms with E-state index >= 15 is 0 Å². The lowest BCUT2D eigenvalue weighted by molar-refractivity contribution is -0.130. The summed E-state index contributed by atoms with van der Waals surface area (Å²) in [6, 6.07) is 8.16. The summed E-state index contributed by atoms with van der Waals surface area (Å²) in [5.74, 6) is 0.0836. The number of nitrogens with zero attached hydrogens (tertiary/aromatic N) is 1. The first-order valence-electron chi connectivity index (χ1n) is 7.53. The van der Waals surface area contributed by atoms with Crippen LogP contribution in [0.4, 0.5) is 0 Å². The number of rotatable bonds is 4. The number of benzene rings is 1. The number of ether oxygens (including phenoxy) is 1. The third-order valence-electron chi connectivity index (χ3n) is 4.33. The summed E-state index contributed by atoms with van der Waals surface area (Å²) in [5, 5.41) is 5.93. The van der Waals surface area contributed by atoms with E-state index in [-0.39, 0.29) is 5.91 Å². The van der Waals surface area contributed by atoms with Gasteiger partial charge in [-0.05, 0) is 30.9 Å². The second-order valence-corrected chi connectivity index (χ2v) is 6.60. The van der Waals surface area contributed by atoms with Gasteiger partial charge >= 0.3 is 0 Å². The van der Waals surface area contributed by atoms with E-state index in [1.807, 2.05) is 17.5 Å². The summed E-state index contributed by atoms with van der Waals surface area (Å²) < 4.78 is 5.50. The van der Waals surface area contributed by atoms with Crippen LogP contribution in [0.15, 0.2) is 35.8 Å². The molecule has 0 spiro atoms. The van der Waals surface area contributed by atoms with Crippen molar-refractivity contribution in [3.63, 3.8) is 0 Å². The number of amides is 1. The quantitative estimate of drug-likeness (QED) is 0.943. The van der Waals surface area contributed by atoms with Crippen molar-refractivity contribution in [3.8, 4) is 0 Å². The summed E-state index contributed by atoms with van der Waals surface area (Å²) in [6.07, 6.45) is 3.21. The summed E-state index contributed by atoms with van der Waals surface area (Å²) in [7, 11) is 0. The fourth-order valence-corrected chi connectivity index (χ4v) is 3.67. The van der Waals surface area contributed by atoms with E-state index in [1.165, 1.54) is 0 Å². The van der Waals surface area contributed by atoms with Crippen molar-refractivity contribution < 1.29 is 9.53 Å². The first-order valence-corrected chi connectivity index (χ1v) is 8.41. The third kappa shape index (κ3) is 2.91. The van der Waals surface area contributed by atoms with Gasteiger partial charge in [0, 0.05) is 24.8 Å². The van der Waals surface area contributed by atoms with Gasteiger partial charge in [-0.1, -0.05) is 24.3 Å². The fourth-order valence-electron chi connectivity index (χ4n) is 3.11. The Morgan fingerprint density at radius 2 is 2.14 bits per heavy atom. The highest BCUT2D eigenvalue weighted by Gasteiger charge is 2.42. The highest BCUT2D eigenvalue weighted by atomic mass is 32.1. The van der Waals surface area contributed by atoms with E-state index in [4.69, 9.17) is 4.74 Å². The van der Waals surface area contributed by atoms with Gasteiger partial charge in [-0.25, -0.2) is 4.98 Å². The number of hydrogen-bond donors (Lipinski definition) is 1. The van der Waals surface area contributed by atoms with Crippen LogP contribution in [0.1, 0.15) is 29.0 Å². The van der Waals surface area contributed by atoms with E-state index in [2.05, 4.69) is 29.4 Å². The molecule has 0 saturated carbocycles. The van der Waals surface area contributed by atoms with Crippen molar-refractivity contribution in [3.05, 3.63) is 52.0 Å². The second kappa shape index (κ2) is 6.58. The number of hydrogen-bond acceptors (Lipinski definition) is 4. The Balaban J connectivity index is 1.85. The average molecular weight is 316 g/mol. The lowest BCUT2D eigenvalue weighted by Gasteiger charge is -2.37. The van der Waals surface area contributed by atoms with Crippen molar-refractivity contribution in [1.29, 1.82) is 0 Å². The third-order valence-corrected chi connectivity index (χ3v) is 5.10. The molecule has 0 radical (unpaired) electrons. The molecule has 1 fully saturated rings. The number of carbonyl (C=O) groups excluding carboxylic acids is 1. The lowest BCUT2D eigenvalue weighted by Crippen LogP contribution is -2.48. The largest absolute Gasteiger partial charge is 0.381 e. The van der Waals surface area contributed by atoms with Gasteiger partial charge in [0.25, 0.3) is 0 Å². The lowest BCUT2D eigenvalue weighted by atomic mass is 9.72. The molecule has 0 bridgehead atoms. The predicted molar refractivity (Wildman–Crippen MR) is 86.9 cm³/mol. The molecule has 0 unspecified atom stereocenters. The first kappa shape index (κ1) is 15.2. The Morgan fingerprint density at radius 3 is 2.82 bits per heavy atom. The Bertz CT molecular complexity index is 634. The standard InChI is InChI=1S/C17H20N2O2S/c1-13-4-2-3-5-14(13)17(6-9-21-10-7-17)16(20)19-12-15-18-8-11-22-15/h2-5,8,11H,6-7,9-10,12H2,1H3,(H,19,20). The van der Waals surface area contributed by atoms with Gasteiger partial charge in [0.05, 0.1) is 12.0 Å². The Kier molecular flexibility index (Phi) is 4.55. The minimum absolute atomic E-state index is 0.0836. The molecule has 1 aliphatic rings. The Labute approximate surface area is 134 Å². The first-order chi connectivity index (χ1) is 10.7. The van der Waals surface area contributed by atoms with Crippen molar-refractivity contribution >= 4 is 17.2 Å². The van der Waals surface area contributed by atoms with Crippen LogP contribution in [0.3, 0.4) is 0 Å². The molecule has 5 heteroatoms. The number of carbonyl (C=O) groups is 1. The van der Waals surface area contributed by atoms with Crippen molar-refractivity contribution in [1.82, 2.24) is 10.3 Å². The Morgan fingerprint density at radius 1 is 1.36 bits per heavy atom. The van der Waals surface area contributed by atoms with Crippen LogP contribution in [-0.2, 0) is 21.5 Å². The summed E-state index contributed by atoms with van der Waals surface area (Å²) in [4.78, 5) is 17.2. The molecule has 0 atom stereocenters. The number of aromatic nitrogens is 1. The van der Waals surface area contributed by atoms with Crippen molar-refractivity contribution in [2.45, 2.75) is 31.7 Å². The molecular formula is C17H20N2O2S. The minimum Gasteiger partial charge on any atom is -0.381 e. The molecule has 1 aromatic carbocycles. The van der Waals surface area contributed by atoms with Gasteiger partial charge in [-0.2, -0.15) is 0 Å². The molecule has 2 aromatic rings. The number of nitrogens with one attached hydrogen (secondary N) is 1. The van der Waals surface area contributed by atoms with Crippen LogP contribution in [0.5, 0.6) is 0 Å². The van der Waals surface area contributed by atoms with Crippen LogP contribution in [0.2, 0.25) is 0 Å². The molecule has 22 heavy (non-hydrogen) atoms. The smallest absolute Gasteiger partial charge is 0.231 e. The maximum absolute atomic E-state index is 13.0. The molecule has 3 rings (SSSR count). The zero-order valence-corrected chi connectivity index (χ0v) is 13.5. The molecule has 0 aliphatic carbocycles. The fraction of sp³-hybridized carbons (Fsp3) is 0.412. The van der Waals surface area contributed by atoms with Gasteiger partial charge in [-0.15, -0.1) is 11.3 Å². The summed E-state index contributed by atoms with van der Waals surface area (Å²) >= 11 is 1.56. The summed E-state index contributed by atoms with van der Waals surface area (Å²) in [6.45, 7) is 3.81. The van der Waals surface area contributed by atoms with Crippen LogP contribution < -0.4 is 5.32 Å². The molecule has 1 aliphatic heterocycles. The highest BCUT2D eigenvalue weighted by Crippen LogP contribution is 2.37. The van der Waals surface area contributed by atoms with Crippen LogP contribution in [0, 0.1) is 6.92 Å². The van der Waals surface area contributed by atoms with E-state index in [0.29, 0.717) is 19.8 Å². The molecule has 1 aromatic heterocycles. The van der Waals surface area contributed by atoms with Crippen molar-refractivity contribution in [2.75, 3.05) is 13.2 Å². The normalized spacial score (nSPS) is 17.1. The topological polar surface area (TPSA) is 51.2 Å². The monoisotopic (exact) mass is 316 g/mol. The zero-order valence-electron chi connectivity index (χ0n) is 12.7. The van der Waals surface area contributed by atoms with Gasteiger partial charge in [0.1, 0.15) is 5.01 Å². The zero-order chi connectivity index (χ0) is 15.4. The van der Waals surface area contributed by atoms with Crippen LogP contribution in [-0.4, -0.2) is 24.1 Å². The maximum atomic E-state index is 13.0. The van der Waals surface area contributed by atoms with Crippen LogP contribution >= 0.6 is 11.3 Å². The van der Waals surface area contributed by atoms with Gasteiger partial charge < -0.3 is 10.1 Å². The second-order valence-electron chi connectivity index (χ2n) is 5.62. The van der Waals surface area contributed by atoms with Crippen LogP contribution in [0.25, 0.3) is 0 Å². The van der Waals surface area contributed by atoms with E-state index in [9.17, 15) is 4.79 Å². The predicted octanol–water partition coefficient (Wildman–Crippen LogP) is 2.82. The van der Waals surface area contributed by atoms with E-state index in [1.54, 1.807) is 17.5 Å². The molecule has 1 amide bonds. The number of aryl methyl sites for hydroxylation is 1. The summed E-state index contributed by atoms with van der Waals surface area (Å²) in [5.41, 5.74) is 1.80. The molecule has 1 saturated heterocycles. The molecule has 4 nitrogen and oxygen atoms in total. The SMILES string of the molecule is Cc1ccccc1C1(C(=O)NCc2nccs2)CCOCC1. The van der Waals surface area contributed by atoms with Crippen molar-refractivity contribution in [2.24, 2.45) is 0 Å². The van der Waals surface area contributed by atoms with Gasteiger partial charge in [0.15, 0.2) is 0 Å².